The number of benzene rings is 1. The van der Waals surface area contributed by atoms with E-state index in [1.165, 1.54) is 16.3 Å². The monoisotopic (exact) mass is 479 g/mol. The van der Waals surface area contributed by atoms with E-state index in [0.717, 1.165) is 43.1 Å². The molecular formula is C24H25N5O2S2. The van der Waals surface area contributed by atoms with Crippen LogP contribution in [-0.2, 0) is 18.4 Å². The van der Waals surface area contributed by atoms with Gasteiger partial charge in [0.2, 0.25) is 0 Å². The van der Waals surface area contributed by atoms with Crippen molar-refractivity contribution in [3.05, 3.63) is 67.8 Å². The lowest BCUT2D eigenvalue weighted by Crippen LogP contribution is -2.46. The summed E-state index contributed by atoms with van der Waals surface area (Å²) < 4.78 is 2.03. The van der Waals surface area contributed by atoms with E-state index in [1.807, 2.05) is 30.3 Å². The summed E-state index contributed by atoms with van der Waals surface area (Å²) in [6.07, 6.45) is 1.80. The second kappa shape index (κ2) is 9.51. The molecule has 2 aliphatic rings. The van der Waals surface area contributed by atoms with E-state index in [1.54, 1.807) is 24.9 Å². The number of nitrogens with zero attached hydrogens (tertiary/aromatic N) is 5. The van der Waals surface area contributed by atoms with Gasteiger partial charge in [-0.2, -0.15) is 5.26 Å². The molecule has 2 aliphatic heterocycles. The first kappa shape index (κ1) is 23.2. The third-order valence-electron chi connectivity index (χ3n) is 6.10. The Balaban J connectivity index is 1.77. The summed E-state index contributed by atoms with van der Waals surface area (Å²) in [7, 11) is 3.76. The number of nitriles is 1. The molecule has 0 unspecified atom stereocenters. The molecule has 0 bridgehead atoms. The van der Waals surface area contributed by atoms with E-state index >= 15 is 0 Å². The number of amides is 1. The number of thioether (sulfide) groups is 1. The molecular weight excluding hydrogens is 454 g/mol. The minimum absolute atomic E-state index is 0.0985. The molecule has 0 aliphatic carbocycles. The number of pyridine rings is 1. The summed E-state index contributed by atoms with van der Waals surface area (Å²) in [5, 5.41) is 9.64. The second-order valence-electron chi connectivity index (χ2n) is 8.26. The number of hydrogen-bond donors (Lipinski definition) is 0. The van der Waals surface area contributed by atoms with Crippen LogP contribution >= 0.6 is 24.0 Å². The summed E-state index contributed by atoms with van der Waals surface area (Å²) in [5.74, 6) is 0.572. The molecule has 33 heavy (non-hydrogen) atoms. The highest BCUT2D eigenvalue weighted by Gasteiger charge is 2.33. The molecule has 2 aromatic rings. The minimum atomic E-state index is -0.322. The number of piperazine rings is 1. The highest BCUT2D eigenvalue weighted by atomic mass is 32.2. The maximum absolute atomic E-state index is 13.3. The van der Waals surface area contributed by atoms with Gasteiger partial charge in [0.25, 0.3) is 11.5 Å². The van der Waals surface area contributed by atoms with Crippen molar-refractivity contribution in [3.63, 3.8) is 0 Å². The number of carbonyl (C=O) groups excluding carboxylic acids is 1. The first-order valence-corrected chi connectivity index (χ1v) is 11.9. The molecule has 1 amide bonds. The Kier molecular flexibility index (Phi) is 6.70. The molecule has 170 valence electrons. The fourth-order valence-corrected chi connectivity index (χ4v) is 5.38. The molecule has 3 heterocycles. The topological polar surface area (TPSA) is 72.6 Å². The molecule has 0 spiro atoms. The predicted molar refractivity (Wildman–Crippen MR) is 136 cm³/mol. The van der Waals surface area contributed by atoms with Crippen molar-refractivity contribution in [2.45, 2.75) is 13.5 Å². The summed E-state index contributed by atoms with van der Waals surface area (Å²) >= 11 is 6.77. The maximum atomic E-state index is 13.3. The lowest BCUT2D eigenvalue weighted by Gasteiger charge is -2.36. The molecule has 1 aromatic heterocycles. The molecule has 4 rings (SSSR count). The molecule has 0 saturated carbocycles. The third kappa shape index (κ3) is 4.47. The minimum Gasteiger partial charge on any atom is -0.355 e. The number of rotatable bonds is 4. The van der Waals surface area contributed by atoms with Crippen molar-refractivity contribution in [2.75, 3.05) is 38.1 Å². The summed E-state index contributed by atoms with van der Waals surface area (Å²) in [6.45, 7) is 5.42. The van der Waals surface area contributed by atoms with Crippen LogP contribution in [0, 0.1) is 18.3 Å². The van der Waals surface area contributed by atoms with Gasteiger partial charge in [-0.05, 0) is 31.2 Å². The van der Waals surface area contributed by atoms with Crippen LogP contribution < -0.4 is 10.5 Å². The van der Waals surface area contributed by atoms with E-state index < -0.39 is 0 Å². The average Bonchev–Trinajstić information content (AvgIpc) is 3.07. The molecule has 2 fully saturated rings. The summed E-state index contributed by atoms with van der Waals surface area (Å²) in [5.41, 5.74) is 2.08. The Bertz CT molecular complexity index is 1240. The van der Waals surface area contributed by atoms with E-state index in [0.29, 0.717) is 21.3 Å². The first-order valence-electron chi connectivity index (χ1n) is 10.7. The van der Waals surface area contributed by atoms with Crippen molar-refractivity contribution in [3.8, 4) is 6.07 Å². The largest absolute Gasteiger partial charge is 0.355 e. The second-order valence-corrected chi connectivity index (χ2v) is 9.93. The molecule has 2 saturated heterocycles. The Morgan fingerprint density at radius 1 is 1.12 bits per heavy atom. The highest BCUT2D eigenvalue weighted by Crippen LogP contribution is 2.36. The number of likely N-dealkylation sites (N-methyl/N-ethyl adjacent to an activating group) is 1. The van der Waals surface area contributed by atoms with Gasteiger partial charge in [-0.3, -0.25) is 19.1 Å². The predicted octanol–water partition coefficient (Wildman–Crippen LogP) is 2.72. The molecule has 0 atom stereocenters. The first-order chi connectivity index (χ1) is 15.8. The van der Waals surface area contributed by atoms with Gasteiger partial charge in [-0.1, -0.05) is 54.3 Å². The zero-order valence-electron chi connectivity index (χ0n) is 18.9. The van der Waals surface area contributed by atoms with Gasteiger partial charge in [0.15, 0.2) is 0 Å². The fraction of sp³-hybridized carbons (Fsp3) is 0.333. The molecule has 0 radical (unpaired) electrons. The van der Waals surface area contributed by atoms with Crippen molar-refractivity contribution in [2.24, 2.45) is 7.05 Å². The zero-order valence-corrected chi connectivity index (χ0v) is 20.5. The van der Waals surface area contributed by atoms with Crippen molar-refractivity contribution in [1.29, 1.82) is 5.26 Å². The number of anilines is 1. The van der Waals surface area contributed by atoms with E-state index in [-0.39, 0.29) is 17.0 Å². The van der Waals surface area contributed by atoms with Crippen molar-refractivity contribution >= 4 is 46.1 Å². The zero-order chi connectivity index (χ0) is 23.7. The van der Waals surface area contributed by atoms with E-state index in [4.69, 9.17) is 12.2 Å². The number of aromatic nitrogens is 1. The lowest BCUT2D eigenvalue weighted by molar-refractivity contribution is -0.122. The van der Waals surface area contributed by atoms with E-state index in [2.05, 4.69) is 22.9 Å². The van der Waals surface area contributed by atoms with Crippen LogP contribution in [0.4, 0.5) is 5.82 Å². The highest BCUT2D eigenvalue weighted by molar-refractivity contribution is 8.26. The Morgan fingerprint density at radius 3 is 2.42 bits per heavy atom. The number of hydrogen-bond acceptors (Lipinski definition) is 7. The Morgan fingerprint density at radius 2 is 1.79 bits per heavy atom. The van der Waals surface area contributed by atoms with Gasteiger partial charge < -0.3 is 9.80 Å². The maximum Gasteiger partial charge on any atom is 0.270 e. The van der Waals surface area contributed by atoms with Crippen LogP contribution in [0.1, 0.15) is 22.3 Å². The van der Waals surface area contributed by atoms with Crippen LogP contribution in [0.2, 0.25) is 0 Å². The molecule has 7 nitrogen and oxygen atoms in total. The standard InChI is InChI=1S/C24H25N5O2S2/c1-16-18(13-20-23(31)29(24(32)33-20)15-17-7-5-4-6-8-17)21(27(3)22(30)19(16)14-25)28-11-9-26(2)10-12-28/h4-8,13H,9-12,15H2,1-3H3/b20-13-. The average molecular weight is 480 g/mol. The van der Waals surface area contributed by atoms with Crippen LogP contribution in [0.25, 0.3) is 6.08 Å². The van der Waals surface area contributed by atoms with Crippen molar-refractivity contribution < 1.29 is 4.79 Å². The normalized spacial score (nSPS) is 18.3. The van der Waals surface area contributed by atoms with Crippen LogP contribution in [0.15, 0.2) is 40.0 Å². The van der Waals surface area contributed by atoms with Gasteiger partial charge in [-0.15, -0.1) is 0 Å². The molecule has 0 N–H and O–H groups in total. The smallest absolute Gasteiger partial charge is 0.270 e. The van der Waals surface area contributed by atoms with Gasteiger partial charge in [-0.25, -0.2) is 0 Å². The SMILES string of the molecule is Cc1c(/C=C2\SC(=S)N(Cc3ccccc3)C2=O)c(N2CCN(C)CC2)n(C)c(=O)c1C#N. The quantitative estimate of drug-likeness (QED) is 0.493. The van der Waals surface area contributed by atoms with Crippen LogP contribution in [0.3, 0.4) is 0 Å². The lowest BCUT2D eigenvalue weighted by atomic mass is 10.0. The van der Waals surface area contributed by atoms with Crippen LogP contribution in [-0.4, -0.2) is 57.8 Å². The molecule has 9 heteroatoms. The van der Waals surface area contributed by atoms with Crippen molar-refractivity contribution in [1.82, 2.24) is 14.4 Å². The third-order valence-corrected chi connectivity index (χ3v) is 7.48. The Labute approximate surface area is 202 Å². The number of thiocarbonyl (C=S) groups is 1. The Hall–Kier alpha value is -2.93. The number of carbonyl (C=O) groups is 1. The molecule has 1 aromatic carbocycles. The van der Waals surface area contributed by atoms with E-state index in [9.17, 15) is 14.9 Å². The van der Waals surface area contributed by atoms with Crippen LogP contribution in [0.5, 0.6) is 0 Å². The van der Waals surface area contributed by atoms with Gasteiger partial charge in [0.1, 0.15) is 21.8 Å². The summed E-state index contributed by atoms with van der Waals surface area (Å²) in [6, 6.07) is 11.8. The van der Waals surface area contributed by atoms with Gasteiger partial charge in [0.05, 0.1) is 11.4 Å². The van der Waals surface area contributed by atoms with Gasteiger partial charge in [0, 0.05) is 38.8 Å². The summed E-state index contributed by atoms with van der Waals surface area (Å²) in [4.78, 5) is 32.6. The van der Waals surface area contributed by atoms with Gasteiger partial charge >= 0.3 is 0 Å². The fourth-order valence-electron chi connectivity index (χ4n) is 4.15.